The molecule has 0 aromatic heterocycles. The molecule has 4 aliphatic rings. The third-order valence-electron chi connectivity index (χ3n) is 10.3. The van der Waals surface area contributed by atoms with E-state index in [4.69, 9.17) is 0 Å². The van der Waals surface area contributed by atoms with Crippen molar-refractivity contribution in [3.05, 3.63) is 12.2 Å². The van der Waals surface area contributed by atoms with Crippen LogP contribution in [0.5, 0.6) is 0 Å². The van der Waals surface area contributed by atoms with Crippen molar-refractivity contribution in [3.63, 3.8) is 0 Å². The van der Waals surface area contributed by atoms with E-state index in [2.05, 4.69) is 32.2 Å². The van der Waals surface area contributed by atoms with Gasteiger partial charge >= 0.3 is 0 Å². The first-order valence-electron chi connectivity index (χ1n) is 13.6. The van der Waals surface area contributed by atoms with Gasteiger partial charge in [0.2, 0.25) is 11.8 Å². The zero-order chi connectivity index (χ0) is 22.9. The molecule has 4 heteroatoms. The molecule has 0 radical (unpaired) electrons. The predicted molar refractivity (Wildman–Crippen MR) is 130 cm³/mol. The van der Waals surface area contributed by atoms with Crippen molar-refractivity contribution >= 4 is 11.8 Å². The van der Waals surface area contributed by atoms with Crippen LogP contribution in [-0.2, 0) is 9.59 Å². The second-order valence-electron chi connectivity index (χ2n) is 11.9. The van der Waals surface area contributed by atoms with Gasteiger partial charge in [0.1, 0.15) is 0 Å². The van der Waals surface area contributed by atoms with Crippen LogP contribution in [0.3, 0.4) is 0 Å². The van der Waals surface area contributed by atoms with E-state index in [0.717, 1.165) is 32.2 Å². The Kier molecular flexibility index (Phi) is 7.08. The first-order chi connectivity index (χ1) is 15.3. The Morgan fingerprint density at radius 2 is 1.78 bits per heavy atom. The molecule has 3 aliphatic carbocycles. The summed E-state index contributed by atoms with van der Waals surface area (Å²) < 4.78 is 0. The Balaban J connectivity index is 1.37. The first-order valence-corrected chi connectivity index (χ1v) is 13.6. The van der Waals surface area contributed by atoms with E-state index in [9.17, 15) is 9.59 Å². The fourth-order valence-electron chi connectivity index (χ4n) is 8.41. The molecule has 1 N–H and O–H groups in total. The SMILES string of the molecule is CCCCCCCCNC(=O)[C@H]1CC[C@H]2[C@@H]3CCC4N(C)C(=O)C=C[C@]4(C)[C@H]3CC[C@]12C. The van der Waals surface area contributed by atoms with Crippen molar-refractivity contribution in [2.24, 2.45) is 34.5 Å². The van der Waals surface area contributed by atoms with Gasteiger partial charge in [-0.25, -0.2) is 0 Å². The van der Waals surface area contributed by atoms with E-state index in [1.807, 2.05) is 18.0 Å². The quantitative estimate of drug-likeness (QED) is 0.489. The van der Waals surface area contributed by atoms with Crippen LogP contribution in [0.4, 0.5) is 0 Å². The largest absolute Gasteiger partial charge is 0.356 e. The highest BCUT2D eigenvalue weighted by atomic mass is 16.2. The maximum Gasteiger partial charge on any atom is 0.246 e. The summed E-state index contributed by atoms with van der Waals surface area (Å²) in [7, 11) is 1.99. The molecule has 3 fully saturated rings. The van der Waals surface area contributed by atoms with E-state index in [-0.39, 0.29) is 22.7 Å². The molecule has 0 aromatic carbocycles. The molecule has 0 bridgehead atoms. The fourth-order valence-corrected chi connectivity index (χ4v) is 8.41. The molecule has 0 saturated heterocycles. The first kappa shape index (κ1) is 23.8. The number of nitrogens with zero attached hydrogens (tertiary/aromatic N) is 1. The highest BCUT2D eigenvalue weighted by molar-refractivity contribution is 5.89. The van der Waals surface area contributed by atoms with Crippen molar-refractivity contribution in [1.82, 2.24) is 10.2 Å². The van der Waals surface area contributed by atoms with Gasteiger partial charge in [0.05, 0.1) is 0 Å². The average Bonchev–Trinajstić information content (AvgIpc) is 3.13. The van der Waals surface area contributed by atoms with Gasteiger partial charge in [-0.3, -0.25) is 9.59 Å². The van der Waals surface area contributed by atoms with Crippen molar-refractivity contribution < 1.29 is 9.59 Å². The molecule has 2 amide bonds. The van der Waals surface area contributed by atoms with Crippen molar-refractivity contribution in [3.8, 4) is 0 Å². The van der Waals surface area contributed by atoms with Gasteiger partial charge in [0.15, 0.2) is 0 Å². The van der Waals surface area contributed by atoms with E-state index in [0.29, 0.717) is 29.7 Å². The Morgan fingerprint density at radius 1 is 1.03 bits per heavy atom. The van der Waals surface area contributed by atoms with Crippen LogP contribution in [-0.4, -0.2) is 36.3 Å². The Hall–Kier alpha value is -1.32. The van der Waals surface area contributed by atoms with Crippen LogP contribution in [0, 0.1) is 34.5 Å². The summed E-state index contributed by atoms with van der Waals surface area (Å²) in [5, 5.41) is 3.31. The number of rotatable bonds is 8. The average molecular weight is 443 g/mol. The molecule has 4 nitrogen and oxygen atoms in total. The van der Waals surface area contributed by atoms with Gasteiger partial charge < -0.3 is 10.2 Å². The lowest BCUT2D eigenvalue weighted by Crippen LogP contribution is -2.59. The van der Waals surface area contributed by atoms with Gasteiger partial charge in [-0.05, 0) is 74.2 Å². The molecule has 32 heavy (non-hydrogen) atoms. The fraction of sp³-hybridized carbons (Fsp3) is 0.857. The lowest BCUT2D eigenvalue weighted by Gasteiger charge is -2.60. The third kappa shape index (κ3) is 4.05. The highest BCUT2D eigenvalue weighted by Gasteiger charge is 2.61. The standard InChI is InChI=1S/C28H46N2O2/c1-5-6-7-8-9-10-19-29-26(32)23-13-12-21-20-11-14-24-28(3,18-16-25(31)30(24)4)22(20)15-17-27(21,23)2/h16,18,20-24H,5-15,17,19H2,1-4H3,(H,29,32)/t20-,21-,22-,23+,24?,27-,28+/m0/s1. The minimum absolute atomic E-state index is 0.0883. The monoisotopic (exact) mass is 442 g/mol. The minimum Gasteiger partial charge on any atom is -0.356 e. The van der Waals surface area contributed by atoms with Crippen LogP contribution in [0.2, 0.25) is 0 Å². The number of nitrogens with one attached hydrogen (secondary N) is 1. The summed E-state index contributed by atoms with van der Waals surface area (Å²) in [5.41, 5.74) is 0.237. The maximum absolute atomic E-state index is 13.2. The van der Waals surface area contributed by atoms with Crippen molar-refractivity contribution in [1.29, 1.82) is 0 Å². The van der Waals surface area contributed by atoms with Crippen LogP contribution < -0.4 is 5.32 Å². The molecule has 0 spiro atoms. The lowest BCUT2D eigenvalue weighted by molar-refractivity contribution is -0.142. The Labute approximate surface area is 196 Å². The highest BCUT2D eigenvalue weighted by Crippen LogP contribution is 2.65. The zero-order valence-corrected chi connectivity index (χ0v) is 21.0. The smallest absolute Gasteiger partial charge is 0.246 e. The summed E-state index contributed by atoms with van der Waals surface area (Å²) in [5.74, 6) is 2.65. The van der Waals surface area contributed by atoms with Gasteiger partial charge in [-0.2, -0.15) is 0 Å². The van der Waals surface area contributed by atoms with Gasteiger partial charge in [-0.15, -0.1) is 0 Å². The summed E-state index contributed by atoms with van der Waals surface area (Å²) in [4.78, 5) is 27.5. The third-order valence-corrected chi connectivity index (χ3v) is 10.3. The van der Waals surface area contributed by atoms with Crippen LogP contribution >= 0.6 is 0 Å². The zero-order valence-electron chi connectivity index (χ0n) is 21.0. The van der Waals surface area contributed by atoms with E-state index < -0.39 is 0 Å². The molecule has 1 aliphatic heterocycles. The second kappa shape index (κ2) is 9.50. The van der Waals surface area contributed by atoms with Crippen LogP contribution in [0.1, 0.15) is 97.8 Å². The summed E-state index contributed by atoms with van der Waals surface area (Å²) in [6.07, 6.45) is 18.6. The molecule has 3 saturated carbocycles. The minimum atomic E-state index is 0.0883. The molecular weight excluding hydrogens is 396 g/mol. The Morgan fingerprint density at radius 3 is 2.56 bits per heavy atom. The lowest BCUT2D eigenvalue weighted by atomic mass is 9.47. The molecule has 0 aromatic rings. The number of carbonyl (C=O) groups is 2. The van der Waals surface area contributed by atoms with Gasteiger partial charge in [0.25, 0.3) is 0 Å². The summed E-state index contributed by atoms with van der Waals surface area (Å²) in [6, 6.07) is 0.337. The van der Waals surface area contributed by atoms with Gasteiger partial charge in [0, 0.05) is 31.0 Å². The molecule has 180 valence electrons. The summed E-state index contributed by atoms with van der Waals surface area (Å²) in [6.45, 7) is 7.92. The topological polar surface area (TPSA) is 49.4 Å². The van der Waals surface area contributed by atoms with E-state index in [1.54, 1.807) is 0 Å². The number of hydrogen-bond acceptors (Lipinski definition) is 2. The number of unbranched alkanes of at least 4 members (excludes halogenated alkanes) is 5. The van der Waals surface area contributed by atoms with E-state index in [1.165, 1.54) is 51.4 Å². The molecule has 4 rings (SSSR count). The van der Waals surface area contributed by atoms with Crippen molar-refractivity contribution in [2.75, 3.05) is 13.6 Å². The molecular formula is C28H46N2O2. The number of likely N-dealkylation sites (N-methyl/N-ethyl adjacent to an activating group) is 1. The van der Waals surface area contributed by atoms with Crippen molar-refractivity contribution in [2.45, 2.75) is 104 Å². The second-order valence-corrected chi connectivity index (χ2v) is 11.9. The predicted octanol–water partition coefficient (Wildman–Crippen LogP) is 5.72. The number of fused-ring (bicyclic) bond motifs is 5. The normalized spacial score (nSPS) is 40.6. The van der Waals surface area contributed by atoms with E-state index >= 15 is 0 Å². The van der Waals surface area contributed by atoms with Crippen LogP contribution in [0.15, 0.2) is 12.2 Å². The number of hydrogen-bond donors (Lipinski definition) is 1. The van der Waals surface area contributed by atoms with Crippen LogP contribution in [0.25, 0.3) is 0 Å². The number of carbonyl (C=O) groups excluding carboxylic acids is 2. The van der Waals surface area contributed by atoms with Gasteiger partial charge in [-0.1, -0.05) is 59.0 Å². The Bertz CT molecular complexity index is 733. The molecule has 7 atom stereocenters. The number of amides is 2. The maximum atomic E-state index is 13.2. The molecule has 1 heterocycles. The molecule has 1 unspecified atom stereocenters. The summed E-state index contributed by atoms with van der Waals surface area (Å²) >= 11 is 0.